The molecule has 5 nitrogen and oxygen atoms in total. The number of fused-ring (bicyclic) bond motifs is 1. The number of nitrogens with two attached hydrogens (primary N) is 1. The van der Waals surface area contributed by atoms with E-state index in [0.717, 1.165) is 12.0 Å². The maximum Gasteiger partial charge on any atom is 0.416 e. The summed E-state index contributed by atoms with van der Waals surface area (Å²) in [5.41, 5.74) is 8.40. The SMILES string of the molecule is NC(=O)Cc1c(-c2ccc(S)cc2)cc(N2CCOCC2)cc1C(F)(F)F.c1ccc2[nH]c(C3CCCC3)cc2c1. The summed E-state index contributed by atoms with van der Waals surface area (Å²) in [4.78, 5) is 17.6. The van der Waals surface area contributed by atoms with E-state index >= 15 is 0 Å². The molecule has 0 bridgehead atoms. The molecule has 6 rings (SSSR count). The standard InChI is InChI=1S/C19H19F3N2O2S.C13H15N/c20-19(21,22)17-10-13(24-5-7-26-8-6-24)9-15(16(17)11-18(23)25)12-1-3-14(27)4-2-12;1-2-6-10(5-1)13-9-11-7-3-4-8-12(11)14-13/h1-4,9-10,27H,5-8,11H2,(H2,23,25);3-4,7-10,14H,1-2,5-6H2. The number of H-pyrrole nitrogens is 1. The number of ether oxygens (including phenoxy) is 1. The fourth-order valence-electron chi connectivity index (χ4n) is 5.73. The second-order valence-corrected chi connectivity index (χ2v) is 11.1. The zero-order valence-corrected chi connectivity index (χ0v) is 23.6. The predicted octanol–water partition coefficient (Wildman–Crippen LogP) is 7.35. The van der Waals surface area contributed by atoms with Crippen LogP contribution in [0, 0.1) is 0 Å². The van der Waals surface area contributed by atoms with Gasteiger partial charge in [-0.3, -0.25) is 4.79 Å². The molecule has 2 fully saturated rings. The molecule has 1 saturated heterocycles. The van der Waals surface area contributed by atoms with Crippen LogP contribution < -0.4 is 10.6 Å². The lowest BCUT2D eigenvalue weighted by Crippen LogP contribution is -2.36. The number of primary amides is 1. The van der Waals surface area contributed by atoms with Gasteiger partial charge in [-0.25, -0.2) is 0 Å². The topological polar surface area (TPSA) is 71.3 Å². The van der Waals surface area contributed by atoms with E-state index in [1.165, 1.54) is 42.3 Å². The van der Waals surface area contributed by atoms with Gasteiger partial charge in [0, 0.05) is 34.9 Å². The summed E-state index contributed by atoms with van der Waals surface area (Å²) in [6.07, 6.45) is 0.446. The number of carbonyl (C=O) groups excluding carboxylic acids is 1. The molecule has 3 aromatic carbocycles. The van der Waals surface area contributed by atoms with E-state index in [1.54, 1.807) is 30.3 Å². The van der Waals surface area contributed by atoms with Gasteiger partial charge in [-0.05, 0) is 77.2 Å². The second-order valence-electron chi connectivity index (χ2n) is 10.6. The van der Waals surface area contributed by atoms with E-state index in [2.05, 4.69) is 47.9 Å². The van der Waals surface area contributed by atoms with Gasteiger partial charge in [0.2, 0.25) is 5.91 Å². The first-order valence-corrected chi connectivity index (χ1v) is 14.4. The quantitative estimate of drug-likeness (QED) is 0.216. The van der Waals surface area contributed by atoms with Crippen molar-refractivity contribution < 1.29 is 22.7 Å². The lowest BCUT2D eigenvalue weighted by Gasteiger charge is -2.30. The van der Waals surface area contributed by atoms with Crippen LogP contribution in [0.3, 0.4) is 0 Å². The van der Waals surface area contributed by atoms with Crippen LogP contribution in [-0.4, -0.2) is 37.2 Å². The van der Waals surface area contributed by atoms with Crippen molar-refractivity contribution in [2.75, 3.05) is 31.2 Å². The van der Waals surface area contributed by atoms with Crippen molar-refractivity contribution in [3.63, 3.8) is 0 Å². The van der Waals surface area contributed by atoms with Gasteiger partial charge in [-0.1, -0.05) is 43.2 Å². The molecule has 1 aliphatic heterocycles. The molecule has 216 valence electrons. The molecule has 1 amide bonds. The number of aromatic amines is 1. The van der Waals surface area contributed by atoms with Gasteiger partial charge in [-0.2, -0.15) is 13.2 Å². The highest BCUT2D eigenvalue weighted by atomic mass is 32.1. The van der Waals surface area contributed by atoms with E-state index in [-0.39, 0.29) is 5.56 Å². The van der Waals surface area contributed by atoms with Crippen LogP contribution >= 0.6 is 12.6 Å². The monoisotopic (exact) mass is 581 g/mol. The Balaban J connectivity index is 0.000000200. The minimum atomic E-state index is -4.61. The van der Waals surface area contributed by atoms with Crippen LogP contribution in [0.1, 0.15) is 48.4 Å². The number of hydrogen-bond donors (Lipinski definition) is 3. The van der Waals surface area contributed by atoms with E-state index in [0.29, 0.717) is 48.0 Å². The Bertz CT molecular complexity index is 1460. The van der Waals surface area contributed by atoms with E-state index in [1.807, 2.05) is 4.90 Å². The number of benzene rings is 3. The number of para-hydroxylation sites is 1. The predicted molar refractivity (Wildman–Crippen MR) is 160 cm³/mol. The molecule has 0 atom stereocenters. The lowest BCUT2D eigenvalue weighted by molar-refractivity contribution is -0.138. The van der Waals surface area contributed by atoms with Crippen molar-refractivity contribution >= 4 is 35.1 Å². The molecular weight excluding hydrogens is 547 g/mol. The van der Waals surface area contributed by atoms with Crippen molar-refractivity contribution in [2.45, 2.75) is 49.1 Å². The minimum absolute atomic E-state index is 0.112. The number of alkyl halides is 3. The summed E-state index contributed by atoms with van der Waals surface area (Å²) < 4.78 is 46.7. The fourth-order valence-corrected chi connectivity index (χ4v) is 5.88. The van der Waals surface area contributed by atoms with Gasteiger partial charge >= 0.3 is 6.18 Å². The molecule has 1 aromatic heterocycles. The van der Waals surface area contributed by atoms with Gasteiger partial charge in [0.15, 0.2) is 0 Å². The second kappa shape index (κ2) is 12.6. The van der Waals surface area contributed by atoms with Crippen LogP contribution in [-0.2, 0) is 22.1 Å². The summed E-state index contributed by atoms with van der Waals surface area (Å²) in [6.45, 7) is 1.91. The highest BCUT2D eigenvalue weighted by Gasteiger charge is 2.36. The zero-order chi connectivity index (χ0) is 29.0. The van der Waals surface area contributed by atoms with Crippen LogP contribution in [0.5, 0.6) is 0 Å². The molecule has 2 heterocycles. The number of hydrogen-bond acceptors (Lipinski definition) is 4. The van der Waals surface area contributed by atoms with E-state index < -0.39 is 24.1 Å². The van der Waals surface area contributed by atoms with Crippen molar-refractivity contribution in [1.29, 1.82) is 0 Å². The lowest BCUT2D eigenvalue weighted by atomic mass is 9.91. The van der Waals surface area contributed by atoms with Crippen molar-refractivity contribution in [2.24, 2.45) is 5.73 Å². The third-order valence-electron chi connectivity index (χ3n) is 7.79. The summed E-state index contributed by atoms with van der Waals surface area (Å²) in [6, 6.07) is 20.4. The number of halogens is 3. The average molecular weight is 582 g/mol. The average Bonchev–Trinajstić information content (AvgIpc) is 3.64. The first-order valence-electron chi connectivity index (χ1n) is 13.9. The number of nitrogens with one attached hydrogen (secondary N) is 1. The van der Waals surface area contributed by atoms with E-state index in [4.69, 9.17) is 10.5 Å². The molecule has 0 radical (unpaired) electrons. The van der Waals surface area contributed by atoms with Gasteiger partial charge in [0.25, 0.3) is 0 Å². The van der Waals surface area contributed by atoms with Crippen LogP contribution in [0.4, 0.5) is 18.9 Å². The molecule has 0 spiro atoms. The first-order chi connectivity index (χ1) is 19.7. The largest absolute Gasteiger partial charge is 0.416 e. The number of anilines is 1. The molecule has 4 aromatic rings. The summed E-state index contributed by atoms with van der Waals surface area (Å²) in [5.74, 6) is -0.0194. The Labute approximate surface area is 243 Å². The van der Waals surface area contributed by atoms with Crippen LogP contribution in [0.15, 0.2) is 71.6 Å². The Morgan fingerprint density at radius 1 is 1.00 bits per heavy atom. The van der Waals surface area contributed by atoms with Gasteiger partial charge in [-0.15, -0.1) is 12.6 Å². The molecule has 1 saturated carbocycles. The summed E-state index contributed by atoms with van der Waals surface area (Å²) in [5, 5.41) is 1.36. The molecule has 0 unspecified atom stereocenters. The van der Waals surface area contributed by atoms with Crippen molar-refractivity contribution in [1.82, 2.24) is 4.98 Å². The number of amides is 1. The molecule has 41 heavy (non-hydrogen) atoms. The number of nitrogens with zero attached hydrogens (tertiary/aromatic N) is 1. The zero-order valence-electron chi connectivity index (χ0n) is 22.7. The highest BCUT2D eigenvalue weighted by molar-refractivity contribution is 7.80. The fraction of sp³-hybridized carbons (Fsp3) is 0.344. The number of aromatic nitrogens is 1. The molecule has 3 N–H and O–H groups in total. The van der Waals surface area contributed by atoms with Gasteiger partial charge in [0.05, 0.1) is 25.2 Å². The maximum atomic E-state index is 13.8. The first kappa shape index (κ1) is 29.1. The summed E-state index contributed by atoms with van der Waals surface area (Å²) >= 11 is 4.22. The smallest absolute Gasteiger partial charge is 0.378 e. The van der Waals surface area contributed by atoms with Crippen LogP contribution in [0.25, 0.3) is 22.0 Å². The third kappa shape index (κ3) is 7.08. The number of rotatable bonds is 5. The normalized spacial score (nSPS) is 16.0. The highest BCUT2D eigenvalue weighted by Crippen LogP contribution is 2.41. The molecule has 2 aliphatic rings. The maximum absolute atomic E-state index is 13.8. The Morgan fingerprint density at radius 3 is 2.32 bits per heavy atom. The number of morpholine rings is 1. The Kier molecular flexibility index (Phi) is 8.94. The Morgan fingerprint density at radius 2 is 1.68 bits per heavy atom. The van der Waals surface area contributed by atoms with Gasteiger partial charge in [0.1, 0.15) is 0 Å². The molecular formula is C32H34F3N3O2S. The summed E-state index contributed by atoms with van der Waals surface area (Å²) in [7, 11) is 0. The van der Waals surface area contributed by atoms with Crippen LogP contribution in [0.2, 0.25) is 0 Å². The number of carbonyl (C=O) groups is 1. The van der Waals surface area contributed by atoms with Crippen molar-refractivity contribution in [3.05, 3.63) is 83.6 Å². The third-order valence-corrected chi connectivity index (χ3v) is 8.09. The number of thiol groups is 1. The minimum Gasteiger partial charge on any atom is -0.378 e. The molecule has 1 aliphatic carbocycles. The Hall–Kier alpha value is -3.43. The van der Waals surface area contributed by atoms with Gasteiger partial charge < -0.3 is 20.4 Å². The van der Waals surface area contributed by atoms with E-state index in [9.17, 15) is 18.0 Å². The van der Waals surface area contributed by atoms with Crippen molar-refractivity contribution in [3.8, 4) is 11.1 Å². The molecule has 9 heteroatoms.